The minimum absolute atomic E-state index is 0.184. The van der Waals surface area contributed by atoms with Gasteiger partial charge in [0.2, 0.25) is 0 Å². The Morgan fingerprint density at radius 1 is 1.45 bits per heavy atom. The number of nitrogens with zero attached hydrogens (tertiary/aromatic N) is 2. The lowest BCUT2D eigenvalue weighted by molar-refractivity contribution is -0.142. The fourth-order valence-electron chi connectivity index (χ4n) is 2.10. The SMILES string of the molecule is CCCn1c(COCC(=O)O)nc2cc(OC)ccc21. The second kappa shape index (κ2) is 6.38. The first kappa shape index (κ1) is 14.3. The predicted molar refractivity (Wildman–Crippen MR) is 73.9 cm³/mol. The molecule has 0 aliphatic rings. The fourth-order valence-corrected chi connectivity index (χ4v) is 2.10. The molecule has 0 saturated heterocycles. The van der Waals surface area contributed by atoms with Gasteiger partial charge >= 0.3 is 5.97 Å². The zero-order valence-corrected chi connectivity index (χ0v) is 11.6. The average molecular weight is 278 g/mol. The van der Waals surface area contributed by atoms with E-state index < -0.39 is 5.97 Å². The fraction of sp³-hybridized carbons (Fsp3) is 0.429. The van der Waals surface area contributed by atoms with Crippen LogP contribution in [0.1, 0.15) is 19.2 Å². The van der Waals surface area contributed by atoms with Gasteiger partial charge < -0.3 is 19.1 Å². The Morgan fingerprint density at radius 3 is 2.90 bits per heavy atom. The summed E-state index contributed by atoms with van der Waals surface area (Å²) >= 11 is 0. The van der Waals surface area contributed by atoms with Gasteiger partial charge in [0, 0.05) is 12.6 Å². The molecule has 0 aliphatic heterocycles. The molecule has 0 amide bonds. The van der Waals surface area contributed by atoms with Crippen LogP contribution in [0.15, 0.2) is 18.2 Å². The number of rotatable bonds is 7. The van der Waals surface area contributed by atoms with Gasteiger partial charge in [-0.3, -0.25) is 0 Å². The Bertz CT molecular complexity index is 606. The number of benzene rings is 1. The average Bonchev–Trinajstić information content (AvgIpc) is 2.76. The second-order valence-corrected chi connectivity index (χ2v) is 4.42. The van der Waals surface area contributed by atoms with Crippen LogP contribution in [0.3, 0.4) is 0 Å². The Balaban J connectivity index is 2.31. The van der Waals surface area contributed by atoms with Crippen molar-refractivity contribution in [1.29, 1.82) is 0 Å². The standard InChI is InChI=1S/C14H18N2O4/c1-3-6-16-12-5-4-10(19-2)7-11(12)15-13(16)8-20-9-14(17)18/h4-5,7H,3,6,8-9H2,1-2H3,(H,17,18). The van der Waals surface area contributed by atoms with E-state index in [0.29, 0.717) is 0 Å². The molecular weight excluding hydrogens is 260 g/mol. The molecule has 1 N–H and O–H groups in total. The number of hydrogen-bond acceptors (Lipinski definition) is 4. The smallest absolute Gasteiger partial charge is 0.329 e. The molecule has 2 aromatic rings. The van der Waals surface area contributed by atoms with Crippen LogP contribution in [0, 0.1) is 0 Å². The van der Waals surface area contributed by atoms with Crippen LogP contribution in [0.2, 0.25) is 0 Å². The lowest BCUT2D eigenvalue weighted by Gasteiger charge is -2.07. The summed E-state index contributed by atoms with van der Waals surface area (Å²) in [5.74, 6) is 0.498. The highest BCUT2D eigenvalue weighted by atomic mass is 16.5. The van der Waals surface area contributed by atoms with Crippen molar-refractivity contribution in [1.82, 2.24) is 9.55 Å². The number of carboxylic acids is 1. The van der Waals surface area contributed by atoms with Crippen LogP contribution < -0.4 is 4.74 Å². The van der Waals surface area contributed by atoms with Crippen LogP contribution in [-0.2, 0) is 22.7 Å². The summed E-state index contributed by atoms with van der Waals surface area (Å²) < 4.78 is 12.4. The summed E-state index contributed by atoms with van der Waals surface area (Å²) in [5.41, 5.74) is 1.83. The van der Waals surface area contributed by atoms with Crippen LogP contribution >= 0.6 is 0 Å². The van der Waals surface area contributed by atoms with Crippen molar-refractivity contribution in [3.63, 3.8) is 0 Å². The van der Waals surface area contributed by atoms with Crippen molar-refractivity contribution in [2.24, 2.45) is 0 Å². The molecule has 20 heavy (non-hydrogen) atoms. The molecule has 6 heteroatoms. The lowest BCUT2D eigenvalue weighted by Crippen LogP contribution is -2.10. The molecule has 1 heterocycles. The molecule has 0 radical (unpaired) electrons. The van der Waals surface area contributed by atoms with Crippen molar-refractivity contribution in [2.45, 2.75) is 26.5 Å². The minimum Gasteiger partial charge on any atom is -0.497 e. The maximum atomic E-state index is 10.5. The normalized spacial score (nSPS) is 10.9. The first-order valence-corrected chi connectivity index (χ1v) is 6.48. The molecule has 6 nitrogen and oxygen atoms in total. The van der Waals surface area contributed by atoms with Gasteiger partial charge in [-0.1, -0.05) is 6.92 Å². The van der Waals surface area contributed by atoms with Gasteiger partial charge in [0.15, 0.2) is 0 Å². The van der Waals surface area contributed by atoms with Crippen molar-refractivity contribution in [3.8, 4) is 5.75 Å². The summed E-state index contributed by atoms with van der Waals surface area (Å²) in [6, 6.07) is 5.71. The number of methoxy groups -OCH3 is 1. The maximum Gasteiger partial charge on any atom is 0.329 e. The summed E-state index contributed by atoms with van der Waals surface area (Å²) in [6.45, 7) is 2.76. The third kappa shape index (κ3) is 3.08. The van der Waals surface area contributed by atoms with Crippen molar-refractivity contribution >= 4 is 17.0 Å². The zero-order valence-electron chi connectivity index (χ0n) is 11.6. The molecular formula is C14H18N2O4. The number of aromatic nitrogens is 2. The highest BCUT2D eigenvalue weighted by Crippen LogP contribution is 2.22. The van der Waals surface area contributed by atoms with Gasteiger partial charge in [-0.05, 0) is 18.6 Å². The summed E-state index contributed by atoms with van der Waals surface area (Å²) in [7, 11) is 1.61. The molecule has 0 spiro atoms. The van der Waals surface area contributed by atoms with E-state index in [2.05, 4.69) is 16.5 Å². The summed E-state index contributed by atoms with van der Waals surface area (Å²) in [5, 5.41) is 8.60. The molecule has 0 saturated carbocycles. The van der Waals surface area contributed by atoms with Crippen molar-refractivity contribution < 1.29 is 19.4 Å². The van der Waals surface area contributed by atoms with Crippen LogP contribution in [0.4, 0.5) is 0 Å². The van der Waals surface area contributed by atoms with E-state index in [0.717, 1.165) is 35.6 Å². The van der Waals surface area contributed by atoms with Gasteiger partial charge in [0.1, 0.15) is 24.8 Å². The topological polar surface area (TPSA) is 73.6 Å². The Hall–Kier alpha value is -2.08. The molecule has 0 bridgehead atoms. The van der Waals surface area contributed by atoms with Crippen LogP contribution in [0.25, 0.3) is 11.0 Å². The van der Waals surface area contributed by atoms with Crippen molar-refractivity contribution in [2.75, 3.05) is 13.7 Å². The van der Waals surface area contributed by atoms with Gasteiger partial charge in [-0.15, -0.1) is 0 Å². The van der Waals surface area contributed by atoms with E-state index in [1.807, 2.05) is 18.2 Å². The first-order valence-electron chi connectivity index (χ1n) is 6.48. The van der Waals surface area contributed by atoms with Gasteiger partial charge in [-0.2, -0.15) is 0 Å². The molecule has 0 aliphatic carbocycles. The molecule has 2 rings (SSSR count). The van der Waals surface area contributed by atoms with Crippen molar-refractivity contribution in [3.05, 3.63) is 24.0 Å². The molecule has 0 fully saturated rings. The highest BCUT2D eigenvalue weighted by Gasteiger charge is 2.11. The van der Waals surface area contributed by atoms with E-state index in [4.69, 9.17) is 14.6 Å². The molecule has 1 aromatic carbocycles. The monoisotopic (exact) mass is 278 g/mol. The van der Waals surface area contributed by atoms with Gasteiger partial charge in [0.25, 0.3) is 0 Å². The Labute approximate surface area is 116 Å². The zero-order chi connectivity index (χ0) is 14.5. The minimum atomic E-state index is -0.982. The number of carbonyl (C=O) groups is 1. The second-order valence-electron chi connectivity index (χ2n) is 4.42. The Morgan fingerprint density at radius 2 is 2.25 bits per heavy atom. The number of fused-ring (bicyclic) bond motifs is 1. The van der Waals surface area contributed by atoms with E-state index >= 15 is 0 Å². The van der Waals surface area contributed by atoms with Gasteiger partial charge in [0.05, 0.1) is 18.1 Å². The van der Waals surface area contributed by atoms with Gasteiger partial charge in [-0.25, -0.2) is 9.78 Å². The lowest BCUT2D eigenvalue weighted by atomic mass is 10.3. The number of ether oxygens (including phenoxy) is 2. The van der Waals surface area contributed by atoms with E-state index in [1.54, 1.807) is 7.11 Å². The first-order chi connectivity index (χ1) is 9.65. The molecule has 1 aromatic heterocycles. The van der Waals surface area contributed by atoms with E-state index in [9.17, 15) is 4.79 Å². The maximum absolute atomic E-state index is 10.5. The highest BCUT2D eigenvalue weighted by molar-refractivity contribution is 5.77. The molecule has 0 atom stereocenters. The predicted octanol–water partition coefficient (Wildman–Crippen LogP) is 2.06. The largest absolute Gasteiger partial charge is 0.497 e. The molecule has 0 unspecified atom stereocenters. The van der Waals surface area contributed by atoms with E-state index in [1.165, 1.54) is 0 Å². The third-order valence-electron chi connectivity index (χ3n) is 2.94. The number of carboxylic acid groups (broad SMARTS) is 1. The Kier molecular flexibility index (Phi) is 4.57. The summed E-state index contributed by atoms with van der Waals surface area (Å²) in [4.78, 5) is 15.0. The molecule has 108 valence electrons. The third-order valence-corrected chi connectivity index (χ3v) is 2.94. The van der Waals surface area contributed by atoms with Crippen LogP contribution in [0.5, 0.6) is 5.75 Å². The quantitative estimate of drug-likeness (QED) is 0.839. The number of aryl methyl sites for hydroxylation is 1. The number of hydrogen-bond donors (Lipinski definition) is 1. The number of imidazole rings is 1. The number of aliphatic carboxylic acids is 1. The van der Waals surface area contributed by atoms with Crippen LogP contribution in [-0.4, -0.2) is 34.3 Å². The summed E-state index contributed by atoms with van der Waals surface area (Å²) in [6.07, 6.45) is 0.962. The van der Waals surface area contributed by atoms with E-state index in [-0.39, 0.29) is 13.2 Å².